The Bertz CT molecular complexity index is 467. The van der Waals surface area contributed by atoms with Gasteiger partial charge in [-0.1, -0.05) is 47.5 Å². The molecule has 0 spiro atoms. The second-order valence-electron chi connectivity index (χ2n) is 7.17. The number of nitrogens with zero attached hydrogens (tertiary/aromatic N) is 2. The van der Waals surface area contributed by atoms with Gasteiger partial charge in [-0.25, -0.2) is 9.97 Å². The van der Waals surface area contributed by atoms with Crippen molar-refractivity contribution < 1.29 is 0 Å². The summed E-state index contributed by atoms with van der Waals surface area (Å²) in [5.41, 5.74) is -0.0360. The highest BCUT2D eigenvalue weighted by Crippen LogP contribution is 2.32. The van der Waals surface area contributed by atoms with Gasteiger partial charge in [0.05, 0.1) is 0 Å². The Morgan fingerprint density at radius 3 is 2.55 bits per heavy atom. The van der Waals surface area contributed by atoms with Gasteiger partial charge < -0.3 is 5.32 Å². The van der Waals surface area contributed by atoms with Crippen LogP contribution in [0.4, 0.5) is 5.82 Å². The van der Waals surface area contributed by atoms with E-state index in [9.17, 15) is 0 Å². The van der Waals surface area contributed by atoms with Crippen LogP contribution in [0.5, 0.6) is 0 Å². The maximum atomic E-state index is 4.71. The van der Waals surface area contributed by atoms with Crippen molar-refractivity contribution in [2.75, 3.05) is 5.32 Å². The molecule has 1 N–H and O–H groups in total. The van der Waals surface area contributed by atoms with Gasteiger partial charge in [0.1, 0.15) is 16.2 Å². The van der Waals surface area contributed by atoms with E-state index in [1.165, 1.54) is 19.3 Å². The first kappa shape index (κ1) is 15.7. The summed E-state index contributed by atoms with van der Waals surface area (Å²) in [5.74, 6) is 3.30. The summed E-state index contributed by atoms with van der Waals surface area (Å²) in [6.45, 7) is 11.1. The molecule has 0 radical (unpaired) electrons. The molecule has 4 heteroatoms. The van der Waals surface area contributed by atoms with Crippen LogP contribution in [0.1, 0.15) is 59.7 Å². The molecule has 0 aromatic carbocycles. The summed E-state index contributed by atoms with van der Waals surface area (Å²) < 4.78 is 0.858. The van der Waals surface area contributed by atoms with Gasteiger partial charge >= 0.3 is 0 Å². The zero-order chi connectivity index (χ0) is 14.9. The molecule has 1 saturated carbocycles. The van der Waals surface area contributed by atoms with Crippen LogP contribution in [-0.2, 0) is 5.41 Å². The highest BCUT2D eigenvalue weighted by atomic mass is 79.9. The third-order valence-corrected chi connectivity index (χ3v) is 4.81. The Labute approximate surface area is 131 Å². The standard InChI is InChI=1S/C16H26BrN3/c1-10-7-6-8-12(11(10)2)18-14-9-13(17)19-15(20-14)16(3,4)5/h9-12H,6-8H2,1-5H3,(H,18,19,20). The number of hydrogen-bond donors (Lipinski definition) is 1. The molecule has 1 aromatic rings. The molecule has 1 aliphatic carbocycles. The van der Waals surface area contributed by atoms with Crippen molar-refractivity contribution >= 4 is 21.7 Å². The quantitative estimate of drug-likeness (QED) is 0.788. The predicted octanol–water partition coefficient (Wildman–Crippen LogP) is 4.77. The Hall–Kier alpha value is -0.640. The lowest BCUT2D eigenvalue weighted by atomic mass is 9.78. The lowest BCUT2D eigenvalue weighted by Gasteiger charge is -2.35. The number of aromatic nitrogens is 2. The third kappa shape index (κ3) is 3.72. The molecule has 0 saturated heterocycles. The van der Waals surface area contributed by atoms with E-state index in [4.69, 9.17) is 4.98 Å². The minimum atomic E-state index is -0.0360. The molecule has 1 fully saturated rings. The smallest absolute Gasteiger partial charge is 0.137 e. The van der Waals surface area contributed by atoms with Gasteiger partial charge in [-0.05, 0) is 34.2 Å². The summed E-state index contributed by atoms with van der Waals surface area (Å²) in [4.78, 5) is 9.20. The van der Waals surface area contributed by atoms with Gasteiger partial charge in [-0.2, -0.15) is 0 Å². The van der Waals surface area contributed by atoms with Crippen molar-refractivity contribution in [2.45, 2.75) is 65.3 Å². The second kappa shape index (κ2) is 6.00. The van der Waals surface area contributed by atoms with E-state index in [0.29, 0.717) is 12.0 Å². The lowest BCUT2D eigenvalue weighted by Crippen LogP contribution is -2.35. The van der Waals surface area contributed by atoms with Crippen molar-refractivity contribution in [3.8, 4) is 0 Å². The van der Waals surface area contributed by atoms with Crippen LogP contribution in [0.3, 0.4) is 0 Å². The predicted molar refractivity (Wildman–Crippen MR) is 88.0 cm³/mol. The van der Waals surface area contributed by atoms with Crippen molar-refractivity contribution in [1.29, 1.82) is 0 Å². The van der Waals surface area contributed by atoms with Gasteiger partial charge in [0.2, 0.25) is 0 Å². The molecule has 3 unspecified atom stereocenters. The average Bonchev–Trinajstić information content (AvgIpc) is 2.33. The molecule has 3 nitrogen and oxygen atoms in total. The van der Waals surface area contributed by atoms with Crippen molar-refractivity contribution in [3.05, 3.63) is 16.5 Å². The van der Waals surface area contributed by atoms with Crippen LogP contribution < -0.4 is 5.32 Å². The summed E-state index contributed by atoms with van der Waals surface area (Å²) in [5, 5.41) is 3.63. The lowest BCUT2D eigenvalue weighted by molar-refractivity contribution is 0.252. The zero-order valence-electron chi connectivity index (χ0n) is 13.2. The fourth-order valence-electron chi connectivity index (χ4n) is 2.80. The first-order valence-corrected chi connectivity index (χ1v) is 8.38. The Kier molecular flexibility index (Phi) is 4.73. The SMILES string of the molecule is CC1CCCC(Nc2cc(Br)nc(C(C)(C)C)n2)C1C. The maximum Gasteiger partial charge on any atom is 0.137 e. The maximum absolute atomic E-state index is 4.71. The second-order valence-corrected chi connectivity index (χ2v) is 7.98. The molecule has 0 aliphatic heterocycles. The van der Waals surface area contributed by atoms with Crippen LogP contribution in [0.15, 0.2) is 10.7 Å². The van der Waals surface area contributed by atoms with E-state index >= 15 is 0 Å². The minimum absolute atomic E-state index is 0.0360. The van der Waals surface area contributed by atoms with E-state index in [1.54, 1.807) is 0 Å². The molecule has 0 bridgehead atoms. The van der Waals surface area contributed by atoms with Gasteiger partial charge in [0.25, 0.3) is 0 Å². The van der Waals surface area contributed by atoms with Crippen molar-refractivity contribution in [2.24, 2.45) is 11.8 Å². The molecule has 3 atom stereocenters. The van der Waals surface area contributed by atoms with Crippen LogP contribution in [0, 0.1) is 11.8 Å². The van der Waals surface area contributed by atoms with E-state index in [0.717, 1.165) is 22.2 Å². The van der Waals surface area contributed by atoms with Crippen LogP contribution in [0.2, 0.25) is 0 Å². The molecule has 1 aromatic heterocycles. The molecule has 1 heterocycles. The van der Waals surface area contributed by atoms with E-state index in [2.05, 4.69) is 60.8 Å². The Balaban J connectivity index is 2.19. The number of anilines is 1. The molecule has 1 aliphatic rings. The highest BCUT2D eigenvalue weighted by molar-refractivity contribution is 9.10. The third-order valence-electron chi connectivity index (χ3n) is 4.41. The number of nitrogens with one attached hydrogen (secondary N) is 1. The number of halogens is 1. The van der Waals surface area contributed by atoms with Gasteiger partial charge in [0, 0.05) is 17.5 Å². The summed E-state index contributed by atoms with van der Waals surface area (Å²) >= 11 is 3.51. The van der Waals surface area contributed by atoms with Crippen LogP contribution in [-0.4, -0.2) is 16.0 Å². The number of rotatable bonds is 2. The van der Waals surface area contributed by atoms with E-state index in [-0.39, 0.29) is 5.41 Å². The summed E-state index contributed by atoms with van der Waals surface area (Å²) in [6, 6.07) is 2.51. The summed E-state index contributed by atoms with van der Waals surface area (Å²) in [6.07, 6.45) is 3.89. The average molecular weight is 340 g/mol. The largest absolute Gasteiger partial charge is 0.367 e. The van der Waals surface area contributed by atoms with Gasteiger partial charge in [0.15, 0.2) is 0 Å². The molecular weight excluding hydrogens is 314 g/mol. The van der Waals surface area contributed by atoms with Crippen molar-refractivity contribution in [3.63, 3.8) is 0 Å². The van der Waals surface area contributed by atoms with Crippen LogP contribution >= 0.6 is 15.9 Å². The Morgan fingerprint density at radius 1 is 1.20 bits per heavy atom. The molecule has 2 rings (SSSR count). The van der Waals surface area contributed by atoms with E-state index in [1.807, 2.05) is 6.07 Å². The highest BCUT2D eigenvalue weighted by Gasteiger charge is 2.27. The fraction of sp³-hybridized carbons (Fsp3) is 0.750. The normalized spacial score (nSPS) is 27.4. The molecule has 0 amide bonds. The van der Waals surface area contributed by atoms with Gasteiger partial charge in [-0.3, -0.25) is 0 Å². The van der Waals surface area contributed by atoms with Crippen LogP contribution in [0.25, 0.3) is 0 Å². The van der Waals surface area contributed by atoms with Gasteiger partial charge in [-0.15, -0.1) is 0 Å². The monoisotopic (exact) mass is 339 g/mol. The van der Waals surface area contributed by atoms with Crippen molar-refractivity contribution in [1.82, 2.24) is 9.97 Å². The molecule has 112 valence electrons. The first-order valence-electron chi connectivity index (χ1n) is 7.59. The minimum Gasteiger partial charge on any atom is -0.367 e. The number of hydrogen-bond acceptors (Lipinski definition) is 3. The van der Waals surface area contributed by atoms with E-state index < -0.39 is 0 Å². The zero-order valence-corrected chi connectivity index (χ0v) is 14.8. The molecular formula is C16H26BrN3. The Morgan fingerprint density at radius 2 is 1.90 bits per heavy atom. The summed E-state index contributed by atoms with van der Waals surface area (Å²) in [7, 11) is 0. The topological polar surface area (TPSA) is 37.8 Å². The first-order chi connectivity index (χ1) is 9.27. The fourth-order valence-corrected chi connectivity index (χ4v) is 3.19. The molecule has 20 heavy (non-hydrogen) atoms.